The summed E-state index contributed by atoms with van der Waals surface area (Å²) in [5.41, 5.74) is 0. The van der Waals surface area contributed by atoms with Gasteiger partial charge in [0.05, 0.1) is 6.54 Å². The van der Waals surface area contributed by atoms with Gasteiger partial charge >= 0.3 is 6.03 Å². The number of aromatic nitrogens is 1. The number of nitrogens with one attached hydrogen (secondary N) is 1. The van der Waals surface area contributed by atoms with E-state index in [1.807, 2.05) is 19.2 Å². The lowest BCUT2D eigenvalue weighted by Crippen LogP contribution is -2.39. The highest BCUT2D eigenvalue weighted by Gasteiger charge is 2.08. The number of carbonyl (C=O) groups excluding carboxylic acids is 1. The van der Waals surface area contributed by atoms with Crippen LogP contribution in [-0.2, 0) is 6.54 Å². The van der Waals surface area contributed by atoms with Crippen molar-refractivity contribution in [2.45, 2.75) is 20.4 Å². The smallest absolute Gasteiger partial charge is 0.317 e. The zero-order valence-corrected chi connectivity index (χ0v) is 9.30. The molecule has 1 aromatic rings. The van der Waals surface area contributed by atoms with Gasteiger partial charge in [-0.1, -0.05) is 0 Å². The number of carbonyl (C=O) groups is 1. The predicted molar refractivity (Wildman–Crippen MR) is 57.3 cm³/mol. The van der Waals surface area contributed by atoms with Crippen molar-refractivity contribution in [1.82, 2.24) is 15.2 Å². The minimum absolute atomic E-state index is 0.0230. The summed E-state index contributed by atoms with van der Waals surface area (Å²) in [5.74, 6) is 0. The number of thiazole rings is 1. The highest BCUT2D eigenvalue weighted by atomic mass is 32.1. The molecule has 0 radical (unpaired) electrons. The first kappa shape index (κ1) is 11.0. The van der Waals surface area contributed by atoms with Crippen molar-refractivity contribution in [3.63, 3.8) is 0 Å². The fourth-order valence-corrected chi connectivity index (χ4v) is 1.67. The van der Waals surface area contributed by atoms with Crippen LogP contribution in [0.3, 0.4) is 0 Å². The Labute approximate surface area is 88.0 Å². The Morgan fingerprint density at radius 2 is 2.29 bits per heavy atom. The molecule has 0 aliphatic rings. The zero-order chi connectivity index (χ0) is 10.4. The van der Waals surface area contributed by atoms with E-state index in [2.05, 4.69) is 10.3 Å². The SMILES string of the molecule is CCN(CC)C(=O)NCc1nccs1. The standard InChI is InChI=1S/C9H15N3OS/c1-3-12(4-2)9(13)11-7-8-10-5-6-14-8/h5-6H,3-4,7H2,1-2H3,(H,11,13). The van der Waals surface area contributed by atoms with Gasteiger partial charge in [-0.25, -0.2) is 9.78 Å². The van der Waals surface area contributed by atoms with Crippen LogP contribution in [0.2, 0.25) is 0 Å². The maximum absolute atomic E-state index is 11.5. The Morgan fingerprint density at radius 1 is 1.57 bits per heavy atom. The fraction of sp³-hybridized carbons (Fsp3) is 0.556. The van der Waals surface area contributed by atoms with Gasteiger partial charge in [0.2, 0.25) is 0 Å². The first-order valence-electron chi connectivity index (χ1n) is 4.69. The van der Waals surface area contributed by atoms with Gasteiger partial charge in [0.1, 0.15) is 5.01 Å². The molecule has 1 N–H and O–H groups in total. The van der Waals surface area contributed by atoms with Crippen molar-refractivity contribution in [3.05, 3.63) is 16.6 Å². The molecule has 0 aliphatic carbocycles. The van der Waals surface area contributed by atoms with Gasteiger partial charge in [0.15, 0.2) is 0 Å². The van der Waals surface area contributed by atoms with E-state index in [9.17, 15) is 4.79 Å². The highest BCUT2D eigenvalue weighted by molar-refractivity contribution is 7.09. The molecule has 2 amide bonds. The molecule has 1 heterocycles. The Hall–Kier alpha value is -1.10. The van der Waals surface area contributed by atoms with Crippen molar-refractivity contribution >= 4 is 17.4 Å². The monoisotopic (exact) mass is 213 g/mol. The predicted octanol–water partition coefficient (Wildman–Crippen LogP) is 1.69. The lowest BCUT2D eigenvalue weighted by atomic mass is 10.5. The molecule has 0 saturated carbocycles. The third kappa shape index (κ3) is 2.99. The molecule has 0 spiro atoms. The van der Waals surface area contributed by atoms with Crippen LogP contribution >= 0.6 is 11.3 Å². The Kier molecular flexibility index (Phi) is 4.39. The average Bonchev–Trinajstić information content (AvgIpc) is 2.69. The first-order chi connectivity index (χ1) is 6.77. The van der Waals surface area contributed by atoms with E-state index in [0.29, 0.717) is 6.54 Å². The van der Waals surface area contributed by atoms with E-state index in [1.165, 1.54) is 0 Å². The van der Waals surface area contributed by atoms with Crippen LogP contribution in [0, 0.1) is 0 Å². The van der Waals surface area contributed by atoms with Crippen LogP contribution in [0.25, 0.3) is 0 Å². The number of hydrogen-bond acceptors (Lipinski definition) is 3. The van der Waals surface area contributed by atoms with Gasteiger partial charge in [-0.2, -0.15) is 0 Å². The third-order valence-corrected chi connectivity index (χ3v) is 2.70. The van der Waals surface area contributed by atoms with Gasteiger partial charge in [-0.15, -0.1) is 11.3 Å². The van der Waals surface area contributed by atoms with Crippen LogP contribution < -0.4 is 5.32 Å². The van der Waals surface area contributed by atoms with Gasteiger partial charge < -0.3 is 10.2 Å². The van der Waals surface area contributed by atoms with E-state index >= 15 is 0 Å². The number of amides is 2. The molecule has 0 aliphatic heterocycles. The molecule has 14 heavy (non-hydrogen) atoms. The minimum atomic E-state index is -0.0230. The minimum Gasteiger partial charge on any atom is -0.331 e. The molecule has 1 rings (SSSR count). The molecule has 0 fully saturated rings. The average molecular weight is 213 g/mol. The fourth-order valence-electron chi connectivity index (χ4n) is 1.11. The summed E-state index contributed by atoms with van der Waals surface area (Å²) in [5, 5.41) is 5.66. The Balaban J connectivity index is 2.34. The van der Waals surface area contributed by atoms with Crippen LogP contribution in [0.15, 0.2) is 11.6 Å². The molecule has 4 nitrogen and oxygen atoms in total. The molecule has 0 unspecified atom stereocenters. The third-order valence-electron chi connectivity index (χ3n) is 1.92. The Morgan fingerprint density at radius 3 is 2.79 bits per heavy atom. The normalized spacial score (nSPS) is 9.86. The van der Waals surface area contributed by atoms with E-state index in [4.69, 9.17) is 0 Å². The topological polar surface area (TPSA) is 45.2 Å². The van der Waals surface area contributed by atoms with Crippen LogP contribution in [0.1, 0.15) is 18.9 Å². The van der Waals surface area contributed by atoms with Crippen molar-refractivity contribution in [2.75, 3.05) is 13.1 Å². The highest BCUT2D eigenvalue weighted by Crippen LogP contribution is 2.02. The van der Waals surface area contributed by atoms with Crippen LogP contribution in [-0.4, -0.2) is 29.0 Å². The summed E-state index contributed by atoms with van der Waals surface area (Å²) in [6.07, 6.45) is 1.74. The second-order valence-corrected chi connectivity index (χ2v) is 3.74. The van der Waals surface area contributed by atoms with Gasteiger partial charge in [0.25, 0.3) is 0 Å². The second-order valence-electron chi connectivity index (χ2n) is 2.76. The van der Waals surface area contributed by atoms with E-state index in [1.54, 1.807) is 22.4 Å². The van der Waals surface area contributed by atoms with E-state index in [-0.39, 0.29) is 6.03 Å². The number of urea groups is 1. The van der Waals surface area contributed by atoms with Crippen molar-refractivity contribution < 1.29 is 4.79 Å². The van der Waals surface area contributed by atoms with Gasteiger partial charge in [0, 0.05) is 24.7 Å². The number of hydrogen-bond donors (Lipinski definition) is 1. The number of rotatable bonds is 4. The Bertz CT molecular complexity index is 270. The second kappa shape index (κ2) is 5.59. The molecule has 5 heteroatoms. The quantitative estimate of drug-likeness (QED) is 0.827. The lowest BCUT2D eigenvalue weighted by Gasteiger charge is -2.18. The molecule has 1 aromatic heterocycles. The summed E-state index contributed by atoms with van der Waals surface area (Å²) in [6, 6.07) is -0.0230. The van der Waals surface area contributed by atoms with Gasteiger partial charge in [-0.05, 0) is 13.8 Å². The van der Waals surface area contributed by atoms with Crippen molar-refractivity contribution in [3.8, 4) is 0 Å². The molecule has 0 saturated heterocycles. The van der Waals surface area contributed by atoms with E-state index < -0.39 is 0 Å². The molecular weight excluding hydrogens is 198 g/mol. The molecule has 78 valence electrons. The maximum Gasteiger partial charge on any atom is 0.317 e. The summed E-state index contributed by atoms with van der Waals surface area (Å²) in [6.45, 7) is 5.92. The van der Waals surface area contributed by atoms with Crippen LogP contribution in [0.5, 0.6) is 0 Å². The summed E-state index contributed by atoms with van der Waals surface area (Å²) < 4.78 is 0. The summed E-state index contributed by atoms with van der Waals surface area (Å²) in [4.78, 5) is 17.3. The zero-order valence-electron chi connectivity index (χ0n) is 8.49. The molecule has 0 bridgehead atoms. The summed E-state index contributed by atoms with van der Waals surface area (Å²) >= 11 is 1.55. The number of nitrogens with zero attached hydrogens (tertiary/aromatic N) is 2. The molecule has 0 aromatic carbocycles. The maximum atomic E-state index is 11.5. The molecular formula is C9H15N3OS. The van der Waals surface area contributed by atoms with Crippen molar-refractivity contribution in [2.24, 2.45) is 0 Å². The van der Waals surface area contributed by atoms with E-state index in [0.717, 1.165) is 18.1 Å². The van der Waals surface area contributed by atoms with Gasteiger partial charge in [-0.3, -0.25) is 0 Å². The summed E-state index contributed by atoms with van der Waals surface area (Å²) in [7, 11) is 0. The lowest BCUT2D eigenvalue weighted by molar-refractivity contribution is 0.203. The first-order valence-corrected chi connectivity index (χ1v) is 5.57. The largest absolute Gasteiger partial charge is 0.331 e. The van der Waals surface area contributed by atoms with Crippen LogP contribution in [0.4, 0.5) is 4.79 Å². The molecule has 0 atom stereocenters. The van der Waals surface area contributed by atoms with Crippen molar-refractivity contribution in [1.29, 1.82) is 0 Å².